The van der Waals surface area contributed by atoms with Crippen molar-refractivity contribution in [3.63, 3.8) is 0 Å². The monoisotopic (exact) mass is 164 g/mol. The zero-order chi connectivity index (χ0) is 9.07. The topological polar surface area (TPSA) is 20.2 Å². The Balaban J connectivity index is 3.21. The molecule has 0 spiro atoms. The van der Waals surface area contributed by atoms with Gasteiger partial charge in [0.15, 0.2) is 0 Å². The van der Waals surface area contributed by atoms with Gasteiger partial charge in [0, 0.05) is 6.42 Å². The number of hydrogen-bond acceptors (Lipinski definition) is 1. The van der Waals surface area contributed by atoms with Crippen molar-refractivity contribution >= 4 is 0 Å². The van der Waals surface area contributed by atoms with E-state index >= 15 is 0 Å². The molecular weight excluding hydrogens is 148 g/mol. The number of unbranched alkanes of at least 4 members (excludes halogenated alkanes) is 4. The third-order valence-electron chi connectivity index (χ3n) is 1.47. The smallest absolute Gasteiger partial charge is 0.105 e. The van der Waals surface area contributed by atoms with Crippen LogP contribution in [0, 0.1) is 23.7 Å². The summed E-state index contributed by atoms with van der Waals surface area (Å²) in [5.41, 5.74) is 0. The predicted octanol–water partition coefficient (Wildman–Crippen LogP) is 1.96. The Bertz CT molecular complexity index is 197. The van der Waals surface area contributed by atoms with Crippen LogP contribution < -0.4 is 0 Å². The van der Waals surface area contributed by atoms with Crippen molar-refractivity contribution in [1.82, 2.24) is 0 Å². The zero-order valence-corrected chi connectivity index (χ0v) is 7.69. The standard InChI is InChI=1S/C11H16O/c1-2-3-4-5-6-7-8-9-10-11-12/h12H,2-6,11H2,1H3. The molecule has 0 unspecified atom stereocenters. The van der Waals surface area contributed by atoms with E-state index in [1.54, 1.807) is 0 Å². The largest absolute Gasteiger partial charge is 0.384 e. The summed E-state index contributed by atoms with van der Waals surface area (Å²) in [4.78, 5) is 0. The van der Waals surface area contributed by atoms with E-state index < -0.39 is 0 Å². The summed E-state index contributed by atoms with van der Waals surface area (Å²) in [6.45, 7) is 2.10. The fourth-order valence-electron chi connectivity index (χ4n) is 0.831. The van der Waals surface area contributed by atoms with Crippen LogP contribution in [0.5, 0.6) is 0 Å². The third-order valence-corrected chi connectivity index (χ3v) is 1.47. The van der Waals surface area contributed by atoms with Crippen molar-refractivity contribution in [1.29, 1.82) is 0 Å². The Morgan fingerprint density at radius 2 is 1.75 bits per heavy atom. The van der Waals surface area contributed by atoms with Crippen LogP contribution in [0.2, 0.25) is 0 Å². The fraction of sp³-hybridized carbons (Fsp3) is 0.636. The maximum atomic E-state index is 8.30. The fourth-order valence-corrected chi connectivity index (χ4v) is 0.831. The van der Waals surface area contributed by atoms with E-state index in [0.29, 0.717) is 0 Å². The van der Waals surface area contributed by atoms with Crippen molar-refractivity contribution in [2.24, 2.45) is 0 Å². The summed E-state index contributed by atoms with van der Waals surface area (Å²) in [5.74, 6) is 10.7. The highest BCUT2D eigenvalue weighted by atomic mass is 16.2. The highest BCUT2D eigenvalue weighted by Crippen LogP contribution is 2.00. The second-order valence-corrected chi connectivity index (χ2v) is 2.57. The van der Waals surface area contributed by atoms with Crippen molar-refractivity contribution in [2.45, 2.75) is 39.0 Å². The molecule has 0 rings (SSSR count). The summed E-state index contributed by atoms with van der Waals surface area (Å²) < 4.78 is 0. The van der Waals surface area contributed by atoms with Gasteiger partial charge in [0.05, 0.1) is 0 Å². The second kappa shape index (κ2) is 10.1. The molecule has 1 nitrogen and oxygen atoms in total. The molecular formula is C11H16O. The molecule has 1 N–H and O–H groups in total. The van der Waals surface area contributed by atoms with Crippen LogP contribution in [0.1, 0.15) is 39.0 Å². The lowest BCUT2D eigenvalue weighted by molar-refractivity contribution is 0.350. The van der Waals surface area contributed by atoms with E-state index in [-0.39, 0.29) is 6.61 Å². The van der Waals surface area contributed by atoms with Crippen LogP contribution in [-0.2, 0) is 0 Å². The number of aliphatic hydroxyl groups is 1. The Labute approximate surface area is 75.2 Å². The van der Waals surface area contributed by atoms with Gasteiger partial charge < -0.3 is 5.11 Å². The van der Waals surface area contributed by atoms with E-state index in [4.69, 9.17) is 5.11 Å². The minimum atomic E-state index is -0.0927. The molecule has 0 fully saturated rings. The molecule has 0 aliphatic heterocycles. The van der Waals surface area contributed by atoms with Crippen LogP contribution in [0.15, 0.2) is 0 Å². The van der Waals surface area contributed by atoms with Gasteiger partial charge in [-0.1, -0.05) is 38.0 Å². The van der Waals surface area contributed by atoms with Gasteiger partial charge in [-0.3, -0.25) is 0 Å². The molecule has 0 aromatic heterocycles. The quantitative estimate of drug-likeness (QED) is 0.497. The van der Waals surface area contributed by atoms with Crippen molar-refractivity contribution in [2.75, 3.05) is 6.61 Å². The summed E-state index contributed by atoms with van der Waals surface area (Å²) in [5, 5.41) is 8.30. The first-order valence-corrected chi connectivity index (χ1v) is 4.48. The zero-order valence-electron chi connectivity index (χ0n) is 7.69. The minimum Gasteiger partial charge on any atom is -0.384 e. The second-order valence-electron chi connectivity index (χ2n) is 2.57. The predicted molar refractivity (Wildman–Crippen MR) is 51.4 cm³/mol. The van der Waals surface area contributed by atoms with Crippen molar-refractivity contribution in [3.8, 4) is 23.7 Å². The average molecular weight is 164 g/mol. The number of aliphatic hydroxyl groups excluding tert-OH is 1. The van der Waals surface area contributed by atoms with E-state index in [0.717, 1.165) is 6.42 Å². The molecule has 0 aromatic rings. The maximum absolute atomic E-state index is 8.30. The highest BCUT2D eigenvalue weighted by molar-refractivity contribution is 5.25. The molecule has 1 heteroatoms. The molecule has 0 heterocycles. The van der Waals surface area contributed by atoms with E-state index in [1.807, 2.05) is 0 Å². The third kappa shape index (κ3) is 9.08. The average Bonchev–Trinajstić information content (AvgIpc) is 2.10. The Morgan fingerprint density at radius 1 is 1.00 bits per heavy atom. The molecule has 0 atom stereocenters. The lowest BCUT2D eigenvalue weighted by Crippen LogP contribution is -1.73. The molecule has 66 valence electrons. The summed E-state index contributed by atoms with van der Waals surface area (Å²) >= 11 is 0. The number of rotatable bonds is 4. The minimum absolute atomic E-state index is 0.0927. The first-order valence-electron chi connectivity index (χ1n) is 4.48. The van der Waals surface area contributed by atoms with Crippen molar-refractivity contribution < 1.29 is 5.11 Å². The lowest BCUT2D eigenvalue weighted by atomic mass is 10.2. The summed E-state index contributed by atoms with van der Waals surface area (Å²) in [6.07, 6.45) is 5.92. The molecule has 0 amide bonds. The summed E-state index contributed by atoms with van der Waals surface area (Å²) in [6, 6.07) is 0. The molecule has 0 aliphatic carbocycles. The molecule has 0 radical (unpaired) electrons. The van der Waals surface area contributed by atoms with Gasteiger partial charge in [-0.05, 0) is 18.3 Å². The summed E-state index contributed by atoms with van der Waals surface area (Å²) in [7, 11) is 0. The van der Waals surface area contributed by atoms with E-state index in [1.165, 1.54) is 25.7 Å². The van der Waals surface area contributed by atoms with Gasteiger partial charge >= 0.3 is 0 Å². The first-order chi connectivity index (χ1) is 5.91. The van der Waals surface area contributed by atoms with Gasteiger partial charge in [0.25, 0.3) is 0 Å². The Kier molecular flexibility index (Phi) is 9.31. The molecule has 0 aliphatic rings. The highest BCUT2D eigenvalue weighted by Gasteiger charge is 1.82. The van der Waals surface area contributed by atoms with Crippen LogP contribution in [-0.4, -0.2) is 11.7 Å². The Morgan fingerprint density at radius 3 is 2.42 bits per heavy atom. The van der Waals surface area contributed by atoms with E-state index in [2.05, 4.69) is 30.6 Å². The van der Waals surface area contributed by atoms with Crippen LogP contribution >= 0.6 is 0 Å². The van der Waals surface area contributed by atoms with Gasteiger partial charge in [-0.25, -0.2) is 0 Å². The normalized spacial score (nSPS) is 7.83. The molecule has 0 aromatic carbocycles. The van der Waals surface area contributed by atoms with Gasteiger partial charge in [0.1, 0.15) is 6.61 Å². The SMILES string of the molecule is CCCCCCC#CC#CCO. The van der Waals surface area contributed by atoms with Gasteiger partial charge in [0.2, 0.25) is 0 Å². The maximum Gasteiger partial charge on any atom is 0.105 e. The van der Waals surface area contributed by atoms with Crippen LogP contribution in [0.25, 0.3) is 0 Å². The van der Waals surface area contributed by atoms with E-state index in [9.17, 15) is 0 Å². The van der Waals surface area contributed by atoms with Crippen LogP contribution in [0.4, 0.5) is 0 Å². The van der Waals surface area contributed by atoms with Crippen molar-refractivity contribution in [3.05, 3.63) is 0 Å². The van der Waals surface area contributed by atoms with Gasteiger partial charge in [-0.2, -0.15) is 0 Å². The van der Waals surface area contributed by atoms with Gasteiger partial charge in [-0.15, -0.1) is 0 Å². The van der Waals surface area contributed by atoms with Crippen LogP contribution in [0.3, 0.4) is 0 Å². The molecule has 0 saturated heterocycles. The molecule has 0 bridgehead atoms. The molecule has 12 heavy (non-hydrogen) atoms. The Hall–Kier alpha value is -0.920. The molecule has 0 saturated carbocycles. The number of hydrogen-bond donors (Lipinski definition) is 1. The lowest BCUT2D eigenvalue weighted by Gasteiger charge is -1.90. The first kappa shape index (κ1) is 11.1.